The number of hydrogen-bond donors (Lipinski definition) is 1. The first-order valence-corrected chi connectivity index (χ1v) is 6.02. The average Bonchev–Trinajstić information content (AvgIpc) is 2.73. The van der Waals surface area contributed by atoms with Crippen LogP contribution in [0.3, 0.4) is 0 Å². The highest BCUT2D eigenvalue weighted by atomic mass is 35.5. The molecule has 0 fully saturated rings. The molecular weight excluding hydrogens is 252 g/mol. The van der Waals surface area contributed by atoms with Crippen LogP contribution in [0.2, 0.25) is 5.02 Å². The summed E-state index contributed by atoms with van der Waals surface area (Å²) in [4.78, 5) is 0. The van der Waals surface area contributed by atoms with Crippen molar-refractivity contribution in [1.29, 1.82) is 0 Å². The summed E-state index contributed by atoms with van der Waals surface area (Å²) >= 11 is 6.09. The lowest BCUT2D eigenvalue weighted by Gasteiger charge is -2.10. The van der Waals surface area contributed by atoms with Gasteiger partial charge < -0.3 is 9.84 Å². The Labute approximate surface area is 111 Å². The molecule has 1 N–H and O–H groups in total. The second-order valence-corrected chi connectivity index (χ2v) is 4.58. The molecule has 0 aliphatic carbocycles. The first kappa shape index (κ1) is 12.9. The number of ether oxygens (including phenoxy) is 1. The Morgan fingerprint density at radius 1 is 1.50 bits per heavy atom. The minimum atomic E-state index is -0.533. The van der Waals surface area contributed by atoms with E-state index in [0.29, 0.717) is 17.4 Å². The zero-order valence-corrected chi connectivity index (χ0v) is 11.1. The molecule has 0 aliphatic rings. The summed E-state index contributed by atoms with van der Waals surface area (Å²) in [6.45, 7) is 2.11. The van der Waals surface area contributed by atoms with Crippen molar-refractivity contribution in [3.05, 3.63) is 46.7 Å². The molecule has 0 aliphatic heterocycles. The molecule has 0 saturated heterocycles. The Morgan fingerprint density at radius 2 is 2.28 bits per heavy atom. The van der Waals surface area contributed by atoms with Crippen LogP contribution in [0, 0.1) is 0 Å². The van der Waals surface area contributed by atoms with E-state index in [1.54, 1.807) is 36.0 Å². The largest absolute Gasteiger partial charge is 0.487 e. The number of aliphatic hydroxyl groups excluding tert-OH is 1. The summed E-state index contributed by atoms with van der Waals surface area (Å²) in [5.74, 6) is 0.602. The van der Waals surface area contributed by atoms with E-state index in [1.807, 2.05) is 13.2 Å². The van der Waals surface area contributed by atoms with Gasteiger partial charge in [0, 0.05) is 18.8 Å². The predicted octanol–water partition coefficient (Wildman–Crippen LogP) is 2.71. The SMILES string of the molecule is C[C@H](O)c1ccc(OCc2cnn(C)c2)c(Cl)c1. The fourth-order valence-corrected chi connectivity index (χ4v) is 1.85. The molecule has 4 nitrogen and oxygen atoms in total. The summed E-state index contributed by atoms with van der Waals surface area (Å²) in [5, 5.41) is 14.0. The van der Waals surface area contributed by atoms with E-state index in [9.17, 15) is 5.11 Å². The third kappa shape index (κ3) is 3.03. The highest BCUT2D eigenvalue weighted by molar-refractivity contribution is 6.32. The van der Waals surface area contributed by atoms with Crippen LogP contribution < -0.4 is 4.74 Å². The van der Waals surface area contributed by atoms with E-state index >= 15 is 0 Å². The number of hydrogen-bond acceptors (Lipinski definition) is 3. The Balaban J connectivity index is 2.05. The number of aryl methyl sites for hydroxylation is 1. The predicted molar refractivity (Wildman–Crippen MR) is 69.6 cm³/mol. The molecule has 18 heavy (non-hydrogen) atoms. The van der Waals surface area contributed by atoms with E-state index in [1.165, 1.54) is 0 Å². The average molecular weight is 267 g/mol. The van der Waals surface area contributed by atoms with Gasteiger partial charge in [-0.05, 0) is 24.6 Å². The lowest BCUT2D eigenvalue weighted by molar-refractivity contribution is 0.199. The Morgan fingerprint density at radius 3 is 2.83 bits per heavy atom. The van der Waals surface area contributed by atoms with Gasteiger partial charge in [-0.3, -0.25) is 4.68 Å². The number of rotatable bonds is 4. The van der Waals surface area contributed by atoms with Gasteiger partial charge in [0.1, 0.15) is 12.4 Å². The quantitative estimate of drug-likeness (QED) is 0.926. The monoisotopic (exact) mass is 266 g/mol. The molecule has 2 aromatic rings. The van der Waals surface area contributed by atoms with Gasteiger partial charge in [0.25, 0.3) is 0 Å². The lowest BCUT2D eigenvalue weighted by atomic mass is 10.1. The van der Waals surface area contributed by atoms with Crippen LogP contribution in [-0.2, 0) is 13.7 Å². The number of aliphatic hydroxyl groups is 1. The molecule has 96 valence electrons. The summed E-state index contributed by atoms with van der Waals surface area (Å²) in [7, 11) is 1.86. The third-order valence-electron chi connectivity index (χ3n) is 2.59. The highest BCUT2D eigenvalue weighted by Gasteiger charge is 2.07. The first-order valence-electron chi connectivity index (χ1n) is 5.64. The number of halogens is 1. The normalized spacial score (nSPS) is 12.4. The molecule has 0 radical (unpaired) electrons. The van der Waals surface area contributed by atoms with Crippen molar-refractivity contribution in [1.82, 2.24) is 9.78 Å². The first-order chi connectivity index (χ1) is 8.56. The molecule has 2 rings (SSSR count). The maximum Gasteiger partial charge on any atom is 0.138 e. The molecule has 1 aromatic carbocycles. The van der Waals surface area contributed by atoms with Gasteiger partial charge in [0.2, 0.25) is 0 Å². The van der Waals surface area contributed by atoms with Crippen molar-refractivity contribution in [3.63, 3.8) is 0 Å². The Kier molecular flexibility index (Phi) is 3.89. The van der Waals surface area contributed by atoms with E-state index in [2.05, 4.69) is 5.10 Å². The van der Waals surface area contributed by atoms with Crippen LogP contribution >= 0.6 is 11.6 Å². The smallest absolute Gasteiger partial charge is 0.138 e. The van der Waals surface area contributed by atoms with Gasteiger partial charge in [-0.2, -0.15) is 5.10 Å². The molecule has 1 atom stereocenters. The van der Waals surface area contributed by atoms with Crippen molar-refractivity contribution in [2.24, 2.45) is 7.05 Å². The van der Waals surface area contributed by atoms with Crippen molar-refractivity contribution in [2.75, 3.05) is 0 Å². The Hall–Kier alpha value is -1.52. The number of aromatic nitrogens is 2. The van der Waals surface area contributed by atoms with Crippen LogP contribution in [0.1, 0.15) is 24.2 Å². The molecule has 5 heteroatoms. The maximum atomic E-state index is 9.44. The van der Waals surface area contributed by atoms with Crippen LogP contribution in [0.4, 0.5) is 0 Å². The molecule has 1 heterocycles. The summed E-state index contributed by atoms with van der Waals surface area (Å²) in [6, 6.07) is 5.28. The van der Waals surface area contributed by atoms with Crippen LogP contribution in [-0.4, -0.2) is 14.9 Å². The Bertz CT molecular complexity index is 538. The third-order valence-corrected chi connectivity index (χ3v) is 2.89. The summed E-state index contributed by atoms with van der Waals surface area (Å²) < 4.78 is 7.32. The zero-order valence-electron chi connectivity index (χ0n) is 10.3. The van der Waals surface area contributed by atoms with Crippen molar-refractivity contribution < 1.29 is 9.84 Å². The van der Waals surface area contributed by atoms with E-state index in [4.69, 9.17) is 16.3 Å². The van der Waals surface area contributed by atoms with Crippen LogP contribution in [0.15, 0.2) is 30.6 Å². The standard InChI is InChI=1S/C13H15ClN2O2/c1-9(17)11-3-4-13(12(14)5-11)18-8-10-6-15-16(2)7-10/h3-7,9,17H,8H2,1-2H3/t9-/m0/s1. The molecular formula is C13H15ClN2O2. The minimum Gasteiger partial charge on any atom is -0.487 e. The molecule has 0 saturated carbocycles. The van der Waals surface area contributed by atoms with Gasteiger partial charge in [-0.15, -0.1) is 0 Å². The summed E-state index contributed by atoms with van der Waals surface area (Å²) in [6.07, 6.45) is 3.10. The fraction of sp³-hybridized carbons (Fsp3) is 0.308. The van der Waals surface area contributed by atoms with Gasteiger partial charge in [0.05, 0.1) is 17.3 Å². The second-order valence-electron chi connectivity index (χ2n) is 4.18. The minimum absolute atomic E-state index is 0.418. The molecule has 0 spiro atoms. The lowest BCUT2D eigenvalue weighted by Crippen LogP contribution is -1.96. The molecule has 0 amide bonds. The van der Waals surface area contributed by atoms with Crippen LogP contribution in [0.5, 0.6) is 5.75 Å². The van der Waals surface area contributed by atoms with Crippen molar-refractivity contribution in [2.45, 2.75) is 19.6 Å². The zero-order chi connectivity index (χ0) is 13.1. The van der Waals surface area contributed by atoms with Gasteiger partial charge >= 0.3 is 0 Å². The maximum absolute atomic E-state index is 9.44. The molecule has 0 unspecified atom stereocenters. The van der Waals surface area contributed by atoms with Crippen LogP contribution in [0.25, 0.3) is 0 Å². The number of nitrogens with zero attached hydrogens (tertiary/aromatic N) is 2. The topological polar surface area (TPSA) is 47.3 Å². The number of benzene rings is 1. The van der Waals surface area contributed by atoms with E-state index in [0.717, 1.165) is 11.1 Å². The fourth-order valence-electron chi connectivity index (χ4n) is 1.60. The summed E-state index contributed by atoms with van der Waals surface area (Å²) in [5.41, 5.74) is 1.75. The van der Waals surface area contributed by atoms with Gasteiger partial charge in [0.15, 0.2) is 0 Å². The highest BCUT2D eigenvalue weighted by Crippen LogP contribution is 2.28. The van der Waals surface area contributed by atoms with E-state index < -0.39 is 6.10 Å². The van der Waals surface area contributed by atoms with Gasteiger partial charge in [-0.1, -0.05) is 17.7 Å². The molecule has 1 aromatic heterocycles. The van der Waals surface area contributed by atoms with Crippen molar-refractivity contribution in [3.8, 4) is 5.75 Å². The van der Waals surface area contributed by atoms with Crippen molar-refractivity contribution >= 4 is 11.6 Å². The van der Waals surface area contributed by atoms with E-state index in [-0.39, 0.29) is 0 Å². The molecule has 0 bridgehead atoms. The van der Waals surface area contributed by atoms with Gasteiger partial charge in [-0.25, -0.2) is 0 Å². The second kappa shape index (κ2) is 5.42.